The van der Waals surface area contributed by atoms with Crippen LogP contribution >= 0.6 is 11.6 Å². The molecule has 0 saturated heterocycles. The molecule has 9 heteroatoms. The molecule has 1 aliphatic heterocycles. The molecule has 0 aliphatic carbocycles. The van der Waals surface area contributed by atoms with Crippen molar-refractivity contribution in [3.8, 4) is 0 Å². The Morgan fingerprint density at radius 2 is 1.62 bits per heavy atom. The number of nitrogens with one attached hydrogen (secondary N) is 1. The highest BCUT2D eigenvalue weighted by molar-refractivity contribution is 6.30. The number of fused-ring (bicyclic) bond motifs is 1. The number of benzene rings is 2. The lowest BCUT2D eigenvalue weighted by molar-refractivity contribution is -0.137. The van der Waals surface area contributed by atoms with Gasteiger partial charge in [-0.2, -0.15) is 13.2 Å². The van der Waals surface area contributed by atoms with E-state index in [9.17, 15) is 27.6 Å². The highest BCUT2D eigenvalue weighted by Crippen LogP contribution is 2.36. The molecule has 0 unspecified atom stereocenters. The molecule has 0 bridgehead atoms. The molecule has 0 atom stereocenters. The number of carbonyl (C=O) groups is 3. The number of halogens is 4. The highest BCUT2D eigenvalue weighted by Gasteiger charge is 2.37. The molecule has 3 amide bonds. The van der Waals surface area contributed by atoms with Crippen molar-refractivity contribution in [2.45, 2.75) is 6.18 Å². The molecule has 0 spiro atoms. The zero-order chi connectivity index (χ0) is 19.1. The van der Waals surface area contributed by atoms with E-state index in [1.54, 1.807) is 12.1 Å². The van der Waals surface area contributed by atoms with Gasteiger partial charge in [0.05, 0.1) is 22.4 Å². The van der Waals surface area contributed by atoms with Crippen molar-refractivity contribution >= 4 is 35.0 Å². The van der Waals surface area contributed by atoms with E-state index in [2.05, 4.69) is 5.32 Å². The summed E-state index contributed by atoms with van der Waals surface area (Å²) in [6.45, 7) is -0.702. The van der Waals surface area contributed by atoms with Crippen molar-refractivity contribution in [2.75, 3.05) is 11.9 Å². The van der Waals surface area contributed by atoms with Crippen LogP contribution in [0.5, 0.6) is 0 Å². The number of amides is 3. The van der Waals surface area contributed by atoms with Gasteiger partial charge in [0.25, 0.3) is 11.8 Å². The molecule has 0 fully saturated rings. The van der Waals surface area contributed by atoms with Gasteiger partial charge in [-0.25, -0.2) is 0 Å². The highest BCUT2D eigenvalue weighted by atomic mass is 35.5. The predicted molar refractivity (Wildman–Crippen MR) is 86.9 cm³/mol. The summed E-state index contributed by atoms with van der Waals surface area (Å²) in [5, 5.41) is 1.93. The van der Waals surface area contributed by atoms with Crippen molar-refractivity contribution in [1.29, 1.82) is 0 Å². The van der Waals surface area contributed by atoms with Crippen LogP contribution in [0, 0.1) is 0 Å². The molecule has 1 N–H and O–H groups in total. The molecule has 0 saturated carbocycles. The van der Waals surface area contributed by atoms with Gasteiger partial charge in [-0.1, -0.05) is 23.7 Å². The first-order chi connectivity index (χ1) is 12.2. The van der Waals surface area contributed by atoms with Gasteiger partial charge in [0, 0.05) is 5.02 Å². The van der Waals surface area contributed by atoms with Crippen LogP contribution in [-0.4, -0.2) is 29.2 Å². The van der Waals surface area contributed by atoms with E-state index in [-0.39, 0.29) is 16.1 Å². The van der Waals surface area contributed by atoms with Crippen LogP contribution in [-0.2, 0) is 11.0 Å². The summed E-state index contributed by atoms with van der Waals surface area (Å²) in [7, 11) is 0. The third-order valence-electron chi connectivity index (χ3n) is 3.74. The minimum absolute atomic E-state index is 0.143. The van der Waals surface area contributed by atoms with Crippen LogP contribution in [0.15, 0.2) is 42.5 Å². The second-order valence-electron chi connectivity index (χ2n) is 5.48. The van der Waals surface area contributed by atoms with E-state index in [1.165, 1.54) is 18.2 Å². The van der Waals surface area contributed by atoms with Crippen LogP contribution in [0.3, 0.4) is 0 Å². The summed E-state index contributed by atoms with van der Waals surface area (Å²) < 4.78 is 39.2. The molecular formula is C17H10ClF3N2O3. The van der Waals surface area contributed by atoms with E-state index in [0.29, 0.717) is 11.0 Å². The van der Waals surface area contributed by atoms with Gasteiger partial charge in [0.15, 0.2) is 0 Å². The van der Waals surface area contributed by atoms with Gasteiger partial charge in [-0.15, -0.1) is 0 Å². The minimum atomic E-state index is -4.73. The van der Waals surface area contributed by atoms with Gasteiger partial charge in [0.2, 0.25) is 5.91 Å². The van der Waals surface area contributed by atoms with Crippen LogP contribution in [0.1, 0.15) is 26.3 Å². The average molecular weight is 383 g/mol. The fourth-order valence-electron chi connectivity index (χ4n) is 2.58. The van der Waals surface area contributed by atoms with E-state index < -0.39 is 41.7 Å². The van der Waals surface area contributed by atoms with Gasteiger partial charge in [-0.3, -0.25) is 19.3 Å². The predicted octanol–water partition coefficient (Wildman–Crippen LogP) is 3.59. The maximum absolute atomic E-state index is 13.1. The largest absolute Gasteiger partial charge is 0.418 e. The molecule has 0 radical (unpaired) electrons. The number of rotatable bonds is 3. The molecule has 134 valence electrons. The van der Waals surface area contributed by atoms with Crippen LogP contribution in [0.4, 0.5) is 18.9 Å². The first-order valence-electron chi connectivity index (χ1n) is 7.30. The van der Waals surface area contributed by atoms with E-state index in [1.807, 2.05) is 0 Å². The van der Waals surface area contributed by atoms with Gasteiger partial charge in [-0.05, 0) is 30.3 Å². The topological polar surface area (TPSA) is 66.5 Å². The van der Waals surface area contributed by atoms with Gasteiger partial charge < -0.3 is 5.32 Å². The number of hydrogen-bond donors (Lipinski definition) is 1. The quantitative estimate of drug-likeness (QED) is 0.825. The lowest BCUT2D eigenvalue weighted by Crippen LogP contribution is -2.37. The Bertz CT molecular complexity index is 893. The van der Waals surface area contributed by atoms with Gasteiger partial charge in [0.1, 0.15) is 6.54 Å². The van der Waals surface area contributed by atoms with E-state index in [0.717, 1.165) is 6.07 Å². The Morgan fingerprint density at radius 1 is 1.04 bits per heavy atom. The summed E-state index contributed by atoms with van der Waals surface area (Å²) in [6.07, 6.45) is -4.73. The van der Waals surface area contributed by atoms with Crippen molar-refractivity contribution in [2.24, 2.45) is 0 Å². The summed E-state index contributed by atoms with van der Waals surface area (Å²) in [5.74, 6) is -2.28. The normalized spacial score (nSPS) is 13.8. The van der Waals surface area contributed by atoms with Crippen molar-refractivity contribution in [3.05, 3.63) is 64.2 Å². The number of hydrogen-bond acceptors (Lipinski definition) is 3. The Labute approximate surface area is 150 Å². The van der Waals surface area contributed by atoms with Crippen LogP contribution in [0.25, 0.3) is 0 Å². The number of carbonyl (C=O) groups excluding carboxylic acids is 3. The molecule has 3 rings (SSSR count). The second-order valence-corrected chi connectivity index (χ2v) is 5.91. The van der Waals surface area contributed by atoms with Crippen LogP contribution in [0.2, 0.25) is 5.02 Å². The monoisotopic (exact) mass is 382 g/mol. The SMILES string of the molecule is O=C(CN1C(=O)c2ccccc2C1=O)Nc1ccc(Cl)cc1C(F)(F)F. The van der Waals surface area contributed by atoms with Crippen LogP contribution < -0.4 is 5.32 Å². The number of imide groups is 1. The van der Waals surface area contributed by atoms with Gasteiger partial charge >= 0.3 is 6.18 Å². The minimum Gasteiger partial charge on any atom is -0.324 e. The summed E-state index contributed by atoms with van der Waals surface area (Å²) in [5.41, 5.74) is -1.34. The standard InChI is InChI=1S/C17H10ClF3N2O3/c18-9-5-6-13(12(7-9)17(19,20)21)22-14(24)8-23-15(25)10-3-1-2-4-11(10)16(23)26/h1-7H,8H2,(H,22,24). The lowest BCUT2D eigenvalue weighted by atomic mass is 10.1. The van der Waals surface area contributed by atoms with Crippen molar-refractivity contribution in [1.82, 2.24) is 4.90 Å². The van der Waals surface area contributed by atoms with E-state index in [4.69, 9.17) is 11.6 Å². The molecule has 1 heterocycles. The molecule has 5 nitrogen and oxygen atoms in total. The fraction of sp³-hybridized carbons (Fsp3) is 0.118. The smallest absolute Gasteiger partial charge is 0.324 e. The summed E-state index contributed by atoms with van der Waals surface area (Å²) in [4.78, 5) is 37.2. The molecule has 1 aliphatic rings. The average Bonchev–Trinajstić information content (AvgIpc) is 2.81. The zero-order valence-electron chi connectivity index (χ0n) is 12.9. The molecule has 2 aromatic rings. The maximum Gasteiger partial charge on any atom is 0.418 e. The van der Waals surface area contributed by atoms with Crippen molar-refractivity contribution in [3.63, 3.8) is 0 Å². The lowest BCUT2D eigenvalue weighted by Gasteiger charge is -2.16. The third kappa shape index (κ3) is 3.28. The Kier molecular flexibility index (Phi) is 4.45. The number of anilines is 1. The summed E-state index contributed by atoms with van der Waals surface area (Å²) >= 11 is 5.58. The van der Waals surface area contributed by atoms with Crippen molar-refractivity contribution < 1.29 is 27.6 Å². The molecule has 2 aromatic carbocycles. The fourth-order valence-corrected chi connectivity index (χ4v) is 2.75. The molecule has 0 aromatic heterocycles. The third-order valence-corrected chi connectivity index (χ3v) is 3.98. The summed E-state index contributed by atoms with van der Waals surface area (Å²) in [6, 6.07) is 8.88. The maximum atomic E-state index is 13.1. The number of nitrogens with zero attached hydrogens (tertiary/aromatic N) is 1. The molecular weight excluding hydrogens is 373 g/mol. The second kappa shape index (κ2) is 6.45. The first-order valence-corrected chi connectivity index (χ1v) is 7.68. The molecule has 26 heavy (non-hydrogen) atoms. The Hall–Kier alpha value is -2.87. The van der Waals surface area contributed by atoms with E-state index >= 15 is 0 Å². The Morgan fingerprint density at radius 3 is 2.15 bits per heavy atom. The number of alkyl halides is 3. The Balaban J connectivity index is 1.79. The first kappa shape index (κ1) is 17.9. The zero-order valence-corrected chi connectivity index (χ0v) is 13.7.